The van der Waals surface area contributed by atoms with Gasteiger partial charge in [0, 0.05) is 31.2 Å². The van der Waals surface area contributed by atoms with Crippen molar-refractivity contribution in [2.24, 2.45) is 0 Å². The lowest BCUT2D eigenvalue weighted by Gasteiger charge is -2.39. The summed E-state index contributed by atoms with van der Waals surface area (Å²) in [5, 5.41) is 0.809. The van der Waals surface area contributed by atoms with E-state index in [4.69, 9.17) is 11.6 Å². The number of likely N-dealkylation sites (N-methyl/N-ethyl adjacent to an activating group) is 1. The Balaban J connectivity index is 1.89. The Morgan fingerprint density at radius 1 is 1.00 bits per heavy atom. The van der Waals surface area contributed by atoms with E-state index in [-0.39, 0.29) is 0 Å². The Morgan fingerprint density at radius 3 is 2.33 bits per heavy atom. The summed E-state index contributed by atoms with van der Waals surface area (Å²) in [6.45, 7) is 4.52. The van der Waals surface area contributed by atoms with E-state index in [1.165, 1.54) is 17.6 Å². The molecule has 1 aromatic rings. The van der Waals surface area contributed by atoms with Crippen molar-refractivity contribution in [3.63, 3.8) is 0 Å². The molecule has 3 rings (SSSR count). The standard InChI is InChI=1S/C18H23ClN2/c1-20-11-13-21(14-12-20)18(15-5-3-2-4-6-15)16-7-9-17(19)10-8-16/h3,5-10,18H,2,4,11-14H2,1H3. The first kappa shape index (κ1) is 14.8. The van der Waals surface area contributed by atoms with Crippen molar-refractivity contribution in [1.82, 2.24) is 9.80 Å². The molecule has 1 heterocycles. The maximum absolute atomic E-state index is 6.06. The van der Waals surface area contributed by atoms with E-state index in [9.17, 15) is 0 Å². The van der Waals surface area contributed by atoms with E-state index >= 15 is 0 Å². The SMILES string of the molecule is CN1CCN(C(C2=CCCC=C2)c2ccc(Cl)cc2)CC1. The highest BCUT2D eigenvalue weighted by molar-refractivity contribution is 6.30. The van der Waals surface area contributed by atoms with Crippen LogP contribution in [-0.4, -0.2) is 43.0 Å². The Kier molecular flexibility index (Phi) is 4.79. The zero-order valence-corrected chi connectivity index (χ0v) is 13.4. The molecule has 0 amide bonds. The van der Waals surface area contributed by atoms with Gasteiger partial charge in [-0.05, 0) is 43.2 Å². The molecule has 3 heteroatoms. The second-order valence-corrected chi connectivity index (χ2v) is 6.41. The van der Waals surface area contributed by atoms with E-state index in [1.807, 2.05) is 12.1 Å². The fraction of sp³-hybridized carbons (Fsp3) is 0.444. The Morgan fingerprint density at radius 2 is 1.71 bits per heavy atom. The van der Waals surface area contributed by atoms with Gasteiger partial charge in [-0.15, -0.1) is 0 Å². The van der Waals surface area contributed by atoms with Crippen LogP contribution in [0.3, 0.4) is 0 Å². The molecule has 0 N–H and O–H groups in total. The zero-order chi connectivity index (χ0) is 14.7. The molecule has 2 aliphatic rings. The first-order valence-electron chi connectivity index (χ1n) is 7.79. The maximum atomic E-state index is 6.06. The Hall–Kier alpha value is -1.09. The lowest BCUT2D eigenvalue weighted by molar-refractivity contribution is 0.126. The average molecular weight is 303 g/mol. The van der Waals surface area contributed by atoms with Crippen LogP contribution in [0.4, 0.5) is 0 Å². The first-order valence-corrected chi connectivity index (χ1v) is 8.16. The molecule has 0 spiro atoms. The lowest BCUT2D eigenvalue weighted by atomic mass is 9.92. The highest BCUT2D eigenvalue weighted by atomic mass is 35.5. The van der Waals surface area contributed by atoms with Crippen molar-refractivity contribution in [1.29, 1.82) is 0 Å². The van der Waals surface area contributed by atoms with Crippen molar-refractivity contribution in [2.45, 2.75) is 18.9 Å². The molecular weight excluding hydrogens is 280 g/mol. The fourth-order valence-corrected chi connectivity index (χ4v) is 3.30. The van der Waals surface area contributed by atoms with Crippen LogP contribution in [0.15, 0.2) is 48.1 Å². The average Bonchev–Trinajstić information content (AvgIpc) is 2.52. The molecule has 1 fully saturated rings. The van der Waals surface area contributed by atoms with Crippen molar-refractivity contribution in [2.75, 3.05) is 33.2 Å². The molecule has 1 aliphatic carbocycles. The summed E-state index contributed by atoms with van der Waals surface area (Å²) in [6, 6.07) is 8.73. The van der Waals surface area contributed by atoms with Gasteiger partial charge < -0.3 is 4.90 Å². The van der Waals surface area contributed by atoms with E-state index in [0.29, 0.717) is 6.04 Å². The highest BCUT2D eigenvalue weighted by Gasteiger charge is 2.26. The monoisotopic (exact) mass is 302 g/mol. The molecule has 1 aromatic carbocycles. The van der Waals surface area contributed by atoms with Gasteiger partial charge in [0.2, 0.25) is 0 Å². The first-order chi connectivity index (χ1) is 10.2. The van der Waals surface area contributed by atoms with Gasteiger partial charge in [0.15, 0.2) is 0 Å². The number of hydrogen-bond acceptors (Lipinski definition) is 2. The summed E-state index contributed by atoms with van der Waals surface area (Å²) in [7, 11) is 2.20. The molecule has 1 saturated heterocycles. The molecule has 2 nitrogen and oxygen atoms in total. The van der Waals surface area contributed by atoms with Crippen LogP contribution in [0.2, 0.25) is 5.02 Å². The van der Waals surface area contributed by atoms with Gasteiger partial charge in [0.05, 0.1) is 6.04 Å². The van der Waals surface area contributed by atoms with Gasteiger partial charge in [0.25, 0.3) is 0 Å². The minimum atomic E-state index is 0.368. The zero-order valence-electron chi connectivity index (χ0n) is 12.6. The largest absolute Gasteiger partial charge is 0.304 e. The van der Waals surface area contributed by atoms with Crippen molar-refractivity contribution in [3.05, 3.63) is 58.7 Å². The summed E-state index contributed by atoms with van der Waals surface area (Å²) < 4.78 is 0. The van der Waals surface area contributed by atoms with Gasteiger partial charge in [-0.1, -0.05) is 42.0 Å². The quantitative estimate of drug-likeness (QED) is 0.835. The number of nitrogens with zero attached hydrogens (tertiary/aromatic N) is 2. The highest BCUT2D eigenvalue weighted by Crippen LogP contribution is 2.32. The summed E-state index contributed by atoms with van der Waals surface area (Å²) in [6.07, 6.45) is 9.33. The van der Waals surface area contributed by atoms with Gasteiger partial charge in [-0.25, -0.2) is 0 Å². The summed E-state index contributed by atoms with van der Waals surface area (Å²) >= 11 is 6.06. The minimum Gasteiger partial charge on any atom is -0.304 e. The molecule has 1 aliphatic heterocycles. The normalized spacial score (nSPS) is 22.1. The number of piperazine rings is 1. The minimum absolute atomic E-state index is 0.368. The second-order valence-electron chi connectivity index (χ2n) is 5.98. The number of allylic oxidation sites excluding steroid dienone is 2. The maximum Gasteiger partial charge on any atom is 0.0599 e. The van der Waals surface area contributed by atoms with Crippen LogP contribution in [0.25, 0.3) is 0 Å². The lowest BCUT2D eigenvalue weighted by Crippen LogP contribution is -2.46. The van der Waals surface area contributed by atoms with E-state index < -0.39 is 0 Å². The summed E-state index contributed by atoms with van der Waals surface area (Å²) in [5.41, 5.74) is 2.79. The third-order valence-corrected chi connectivity index (χ3v) is 4.68. The van der Waals surface area contributed by atoms with Crippen molar-refractivity contribution in [3.8, 4) is 0 Å². The van der Waals surface area contributed by atoms with Crippen LogP contribution in [0, 0.1) is 0 Å². The van der Waals surface area contributed by atoms with Crippen LogP contribution in [0.5, 0.6) is 0 Å². The topological polar surface area (TPSA) is 6.48 Å². The third-order valence-electron chi connectivity index (χ3n) is 4.43. The second kappa shape index (κ2) is 6.78. The molecular formula is C18H23ClN2. The molecule has 21 heavy (non-hydrogen) atoms. The molecule has 1 unspecified atom stereocenters. The number of hydrogen-bond donors (Lipinski definition) is 0. The molecule has 0 aromatic heterocycles. The number of rotatable bonds is 3. The van der Waals surface area contributed by atoms with Crippen LogP contribution in [0.1, 0.15) is 24.4 Å². The van der Waals surface area contributed by atoms with Gasteiger partial charge in [-0.3, -0.25) is 4.90 Å². The smallest absolute Gasteiger partial charge is 0.0599 e. The number of halogens is 1. The van der Waals surface area contributed by atoms with Crippen LogP contribution < -0.4 is 0 Å². The van der Waals surface area contributed by atoms with Gasteiger partial charge in [-0.2, -0.15) is 0 Å². The summed E-state index contributed by atoms with van der Waals surface area (Å²) in [5.74, 6) is 0. The Bertz CT molecular complexity index is 525. The third kappa shape index (κ3) is 3.57. The molecule has 0 bridgehead atoms. The van der Waals surface area contributed by atoms with Crippen LogP contribution in [-0.2, 0) is 0 Å². The molecule has 112 valence electrons. The van der Waals surface area contributed by atoms with Crippen molar-refractivity contribution >= 4 is 11.6 Å². The van der Waals surface area contributed by atoms with Crippen molar-refractivity contribution < 1.29 is 0 Å². The van der Waals surface area contributed by atoms with E-state index in [2.05, 4.69) is 47.2 Å². The predicted molar refractivity (Wildman–Crippen MR) is 89.7 cm³/mol. The fourth-order valence-electron chi connectivity index (χ4n) is 3.18. The van der Waals surface area contributed by atoms with E-state index in [1.54, 1.807) is 0 Å². The molecule has 0 saturated carbocycles. The van der Waals surface area contributed by atoms with E-state index in [0.717, 1.165) is 37.6 Å². The predicted octanol–water partition coefficient (Wildman–Crippen LogP) is 3.90. The molecule has 0 radical (unpaired) electrons. The summed E-state index contributed by atoms with van der Waals surface area (Å²) in [4.78, 5) is 5.01. The molecule has 1 atom stereocenters. The number of benzene rings is 1. The van der Waals surface area contributed by atoms with Crippen LogP contribution >= 0.6 is 11.6 Å². The van der Waals surface area contributed by atoms with Gasteiger partial charge in [0.1, 0.15) is 0 Å². The Labute approximate surface area is 132 Å². The van der Waals surface area contributed by atoms with Gasteiger partial charge >= 0.3 is 0 Å².